The zero-order valence-electron chi connectivity index (χ0n) is 14.4. The number of carbonyl (C=O) groups excluding carboxylic acids is 1. The highest BCUT2D eigenvalue weighted by atomic mass is 35.5. The lowest BCUT2D eigenvalue weighted by atomic mass is 10.0. The molecule has 1 unspecified atom stereocenters. The summed E-state index contributed by atoms with van der Waals surface area (Å²) < 4.78 is 0. The lowest BCUT2D eigenvalue weighted by Crippen LogP contribution is -2.52. The van der Waals surface area contributed by atoms with Crippen LogP contribution in [-0.4, -0.2) is 53.5 Å². The number of nitrogens with one attached hydrogen (secondary N) is 1. The number of amides is 2. The van der Waals surface area contributed by atoms with Crippen molar-refractivity contribution in [3.8, 4) is 0 Å². The zero-order valence-corrected chi connectivity index (χ0v) is 15.1. The Bertz CT molecular complexity index is 684. The van der Waals surface area contributed by atoms with Gasteiger partial charge in [-0.15, -0.1) is 0 Å². The second-order valence-corrected chi connectivity index (χ2v) is 6.58. The molecule has 2 amide bonds. The van der Waals surface area contributed by atoms with Crippen LogP contribution in [0.5, 0.6) is 0 Å². The number of nitrogens with zero attached hydrogens (tertiary/aromatic N) is 3. The lowest BCUT2D eigenvalue weighted by molar-refractivity contribution is 0.141. The molecule has 0 bridgehead atoms. The molecule has 5 nitrogen and oxygen atoms in total. The van der Waals surface area contributed by atoms with Crippen molar-refractivity contribution < 1.29 is 4.79 Å². The minimum Gasteiger partial charge on any atom is -0.327 e. The highest BCUT2D eigenvalue weighted by molar-refractivity contribution is 6.30. The van der Waals surface area contributed by atoms with E-state index >= 15 is 0 Å². The van der Waals surface area contributed by atoms with E-state index < -0.39 is 0 Å². The van der Waals surface area contributed by atoms with Crippen LogP contribution in [0.1, 0.15) is 24.1 Å². The molecular weight excluding hydrogens is 336 g/mol. The standard InChI is InChI=1S/C19H23ClN4O/c1-2-23-10-12-24(13-11-23)19(25)22-18(16-4-3-9-21-14-16)15-5-7-17(20)8-6-15/h3-9,14,18H,2,10-13H2,1H3,(H,22,25). The first-order valence-electron chi connectivity index (χ1n) is 8.60. The maximum Gasteiger partial charge on any atom is 0.318 e. The van der Waals surface area contributed by atoms with Gasteiger partial charge in [0.05, 0.1) is 6.04 Å². The summed E-state index contributed by atoms with van der Waals surface area (Å²) in [6.07, 6.45) is 3.52. The smallest absolute Gasteiger partial charge is 0.318 e. The van der Waals surface area contributed by atoms with Crippen LogP contribution < -0.4 is 5.32 Å². The summed E-state index contributed by atoms with van der Waals surface area (Å²) >= 11 is 6.00. The molecule has 132 valence electrons. The number of aromatic nitrogens is 1. The zero-order chi connectivity index (χ0) is 17.6. The highest BCUT2D eigenvalue weighted by Crippen LogP contribution is 2.23. The van der Waals surface area contributed by atoms with Crippen LogP contribution in [-0.2, 0) is 0 Å². The minimum atomic E-state index is -0.248. The Kier molecular flexibility index (Phi) is 5.89. The summed E-state index contributed by atoms with van der Waals surface area (Å²) in [4.78, 5) is 21.2. The van der Waals surface area contributed by atoms with Gasteiger partial charge in [0.1, 0.15) is 0 Å². The first-order chi connectivity index (χ1) is 12.2. The predicted molar refractivity (Wildman–Crippen MR) is 99.8 cm³/mol. The normalized spacial score (nSPS) is 16.5. The molecule has 1 N–H and O–H groups in total. The van der Waals surface area contributed by atoms with Gasteiger partial charge >= 0.3 is 6.03 Å². The molecule has 1 aliphatic heterocycles. The van der Waals surface area contributed by atoms with E-state index in [9.17, 15) is 4.79 Å². The molecule has 1 aromatic carbocycles. The van der Waals surface area contributed by atoms with Gasteiger partial charge in [0.2, 0.25) is 0 Å². The number of rotatable bonds is 4. The third-order valence-electron chi connectivity index (χ3n) is 4.60. The van der Waals surface area contributed by atoms with E-state index in [1.807, 2.05) is 41.3 Å². The van der Waals surface area contributed by atoms with Gasteiger partial charge in [0.25, 0.3) is 0 Å². The Labute approximate surface area is 153 Å². The summed E-state index contributed by atoms with van der Waals surface area (Å²) in [6, 6.07) is 11.1. The van der Waals surface area contributed by atoms with Gasteiger partial charge in [-0.3, -0.25) is 4.98 Å². The van der Waals surface area contributed by atoms with Crippen LogP contribution in [0.15, 0.2) is 48.8 Å². The van der Waals surface area contributed by atoms with Gasteiger partial charge in [-0.25, -0.2) is 4.79 Å². The van der Waals surface area contributed by atoms with Gasteiger partial charge in [0.15, 0.2) is 0 Å². The van der Waals surface area contributed by atoms with Crippen LogP contribution in [0.25, 0.3) is 0 Å². The monoisotopic (exact) mass is 358 g/mol. The van der Waals surface area contributed by atoms with E-state index in [0.29, 0.717) is 5.02 Å². The minimum absolute atomic E-state index is 0.0421. The lowest BCUT2D eigenvalue weighted by Gasteiger charge is -2.35. The molecule has 0 saturated carbocycles. The number of urea groups is 1. The number of hydrogen-bond donors (Lipinski definition) is 1. The van der Waals surface area contributed by atoms with Crippen molar-refractivity contribution in [3.63, 3.8) is 0 Å². The largest absolute Gasteiger partial charge is 0.327 e. The van der Waals surface area contributed by atoms with Crippen molar-refractivity contribution in [1.82, 2.24) is 20.1 Å². The third kappa shape index (κ3) is 4.50. The predicted octanol–water partition coefficient (Wildman–Crippen LogP) is 3.17. The molecule has 1 fully saturated rings. The molecule has 2 aromatic rings. The van der Waals surface area contributed by atoms with Crippen LogP contribution in [0, 0.1) is 0 Å². The quantitative estimate of drug-likeness (QED) is 0.913. The molecule has 1 aliphatic rings. The van der Waals surface area contributed by atoms with Crippen LogP contribution in [0.4, 0.5) is 4.79 Å². The van der Waals surface area contributed by atoms with E-state index in [-0.39, 0.29) is 12.1 Å². The van der Waals surface area contributed by atoms with E-state index in [0.717, 1.165) is 43.9 Å². The molecule has 1 saturated heterocycles. The highest BCUT2D eigenvalue weighted by Gasteiger charge is 2.24. The first-order valence-corrected chi connectivity index (χ1v) is 8.98. The van der Waals surface area contributed by atoms with Crippen molar-refractivity contribution in [2.45, 2.75) is 13.0 Å². The summed E-state index contributed by atoms with van der Waals surface area (Å²) in [7, 11) is 0. The Balaban J connectivity index is 1.76. The van der Waals surface area contributed by atoms with Crippen LogP contribution in [0.3, 0.4) is 0 Å². The van der Waals surface area contributed by atoms with Crippen LogP contribution >= 0.6 is 11.6 Å². The van der Waals surface area contributed by atoms with Gasteiger partial charge < -0.3 is 15.1 Å². The van der Waals surface area contributed by atoms with Crippen molar-refractivity contribution in [3.05, 3.63) is 64.9 Å². The molecular formula is C19H23ClN4O. The fraction of sp³-hybridized carbons (Fsp3) is 0.368. The van der Waals surface area contributed by atoms with Gasteiger partial charge in [-0.1, -0.05) is 36.7 Å². The van der Waals surface area contributed by atoms with Crippen molar-refractivity contribution in [2.75, 3.05) is 32.7 Å². The van der Waals surface area contributed by atoms with E-state index in [1.54, 1.807) is 12.4 Å². The second kappa shape index (κ2) is 8.32. The number of hydrogen-bond acceptors (Lipinski definition) is 3. The average Bonchev–Trinajstić information content (AvgIpc) is 2.67. The van der Waals surface area contributed by atoms with Crippen molar-refractivity contribution in [1.29, 1.82) is 0 Å². The molecule has 0 aliphatic carbocycles. The Morgan fingerprint density at radius 1 is 1.16 bits per heavy atom. The topological polar surface area (TPSA) is 48.5 Å². The molecule has 1 atom stereocenters. The van der Waals surface area contributed by atoms with Gasteiger partial charge in [0, 0.05) is 43.6 Å². The Morgan fingerprint density at radius 2 is 1.88 bits per heavy atom. The third-order valence-corrected chi connectivity index (χ3v) is 4.85. The number of pyridine rings is 1. The average molecular weight is 359 g/mol. The van der Waals surface area contributed by atoms with Gasteiger partial charge in [-0.2, -0.15) is 0 Å². The summed E-state index contributed by atoms with van der Waals surface area (Å²) in [5.41, 5.74) is 1.93. The summed E-state index contributed by atoms with van der Waals surface area (Å²) in [5, 5.41) is 3.83. The molecule has 0 spiro atoms. The molecule has 0 radical (unpaired) electrons. The molecule has 25 heavy (non-hydrogen) atoms. The molecule has 1 aromatic heterocycles. The Hall–Kier alpha value is -2.11. The summed E-state index contributed by atoms with van der Waals surface area (Å²) in [5.74, 6) is 0. The SMILES string of the molecule is CCN1CCN(C(=O)NC(c2ccc(Cl)cc2)c2cccnc2)CC1. The number of likely N-dealkylation sites (N-methyl/N-ethyl adjacent to an activating group) is 1. The number of carbonyl (C=O) groups is 1. The van der Waals surface area contributed by atoms with Crippen molar-refractivity contribution in [2.24, 2.45) is 0 Å². The van der Waals surface area contributed by atoms with E-state index in [2.05, 4.69) is 22.1 Å². The fourth-order valence-electron chi connectivity index (χ4n) is 3.04. The number of benzene rings is 1. The van der Waals surface area contributed by atoms with Crippen LogP contribution in [0.2, 0.25) is 5.02 Å². The van der Waals surface area contributed by atoms with E-state index in [4.69, 9.17) is 11.6 Å². The molecule has 3 rings (SSSR count). The van der Waals surface area contributed by atoms with Crippen molar-refractivity contribution >= 4 is 17.6 Å². The maximum absolute atomic E-state index is 12.8. The number of halogens is 1. The van der Waals surface area contributed by atoms with E-state index in [1.165, 1.54) is 0 Å². The first kappa shape index (κ1) is 17.7. The number of piperazine rings is 1. The molecule has 2 heterocycles. The maximum atomic E-state index is 12.8. The summed E-state index contributed by atoms with van der Waals surface area (Å²) in [6.45, 7) is 6.51. The fourth-order valence-corrected chi connectivity index (χ4v) is 3.17. The van der Waals surface area contributed by atoms with Gasteiger partial charge in [-0.05, 0) is 35.9 Å². The Morgan fingerprint density at radius 3 is 2.48 bits per heavy atom. The second-order valence-electron chi connectivity index (χ2n) is 6.14. The molecule has 6 heteroatoms.